The number of methoxy groups -OCH3 is 1. The van der Waals surface area contributed by atoms with Gasteiger partial charge in [-0.1, -0.05) is 31.7 Å². The fraction of sp³-hybridized carbons (Fsp3) is 0.500. The van der Waals surface area contributed by atoms with Gasteiger partial charge in [-0.3, -0.25) is 9.59 Å². The number of benzene rings is 2. The van der Waals surface area contributed by atoms with Gasteiger partial charge >= 0.3 is 0 Å². The first-order valence-electron chi connectivity index (χ1n) is 14.5. The number of nitrogens with one attached hydrogen (secondary N) is 1. The molecule has 2 aliphatic heterocycles. The predicted molar refractivity (Wildman–Crippen MR) is 153 cm³/mol. The Bertz CT molecular complexity index is 1270. The van der Waals surface area contributed by atoms with E-state index >= 15 is 0 Å². The fourth-order valence-electron chi connectivity index (χ4n) is 5.37. The first-order valence-corrected chi connectivity index (χ1v) is 14.5. The Morgan fingerprint density at radius 2 is 1.85 bits per heavy atom. The van der Waals surface area contributed by atoms with E-state index in [1.165, 1.54) is 12.0 Å². The normalized spacial score (nSPS) is 19.2. The Morgan fingerprint density at radius 1 is 1.10 bits per heavy atom. The number of rotatable bonds is 12. The van der Waals surface area contributed by atoms with Crippen LogP contribution in [0, 0.1) is 12.8 Å². The van der Waals surface area contributed by atoms with Crippen LogP contribution in [0.3, 0.4) is 0 Å². The van der Waals surface area contributed by atoms with Crippen LogP contribution in [-0.4, -0.2) is 76.3 Å². The Kier molecular flexibility index (Phi) is 10.3. The zero-order valence-corrected chi connectivity index (χ0v) is 24.8. The molecule has 41 heavy (non-hydrogen) atoms. The van der Waals surface area contributed by atoms with Gasteiger partial charge < -0.3 is 33.9 Å². The molecule has 0 radical (unpaired) electrons. The van der Waals surface area contributed by atoms with Gasteiger partial charge in [-0.2, -0.15) is 0 Å². The molecule has 1 unspecified atom stereocenters. The summed E-state index contributed by atoms with van der Waals surface area (Å²) in [6, 6.07) is 9.70. The molecule has 4 rings (SSSR count). The first kappa shape index (κ1) is 30.4. The number of hydrogen-bond acceptors (Lipinski definition) is 7. The van der Waals surface area contributed by atoms with Crippen molar-refractivity contribution in [2.75, 3.05) is 59.7 Å². The molecular formula is C32H42N2O7. The molecular weight excluding hydrogens is 524 g/mol. The second kappa shape index (κ2) is 13.9. The fourth-order valence-corrected chi connectivity index (χ4v) is 5.37. The number of hydrogen-bond donors (Lipinski definition) is 1. The van der Waals surface area contributed by atoms with Crippen molar-refractivity contribution in [2.24, 2.45) is 5.92 Å². The summed E-state index contributed by atoms with van der Waals surface area (Å²) < 4.78 is 22.5. The second-order valence-corrected chi connectivity index (χ2v) is 11.0. The largest absolute Gasteiger partial charge is 0.872 e. The van der Waals surface area contributed by atoms with E-state index in [2.05, 4.69) is 13.8 Å². The highest BCUT2D eigenvalue weighted by molar-refractivity contribution is 6.46. The molecule has 0 spiro atoms. The minimum absolute atomic E-state index is 0.0427. The highest BCUT2D eigenvalue weighted by atomic mass is 16.5. The zero-order chi connectivity index (χ0) is 29.5. The molecule has 222 valence electrons. The van der Waals surface area contributed by atoms with Gasteiger partial charge in [0.1, 0.15) is 18.8 Å². The number of likely N-dealkylation sites (tertiary alicyclic amines) is 1. The lowest BCUT2D eigenvalue weighted by Crippen LogP contribution is -3.14. The smallest absolute Gasteiger partial charge is 0.295 e. The van der Waals surface area contributed by atoms with E-state index in [4.69, 9.17) is 18.9 Å². The lowest BCUT2D eigenvalue weighted by atomic mass is 9.93. The van der Waals surface area contributed by atoms with Crippen molar-refractivity contribution in [3.05, 3.63) is 58.7 Å². The van der Waals surface area contributed by atoms with Crippen LogP contribution < -0.4 is 24.2 Å². The average Bonchev–Trinajstić information content (AvgIpc) is 3.22. The highest BCUT2D eigenvalue weighted by Crippen LogP contribution is 2.42. The van der Waals surface area contributed by atoms with Crippen molar-refractivity contribution >= 4 is 17.4 Å². The predicted octanol–water partition coefficient (Wildman–Crippen LogP) is 1.97. The number of ketones is 1. The van der Waals surface area contributed by atoms with Crippen molar-refractivity contribution < 1.29 is 38.5 Å². The third kappa shape index (κ3) is 7.02. The third-order valence-corrected chi connectivity index (χ3v) is 7.49. The number of carbonyl (C=O) groups is 2. The molecule has 1 N–H and O–H groups in total. The molecule has 2 aromatic carbocycles. The summed E-state index contributed by atoms with van der Waals surface area (Å²) in [5.41, 5.74) is 1.64. The van der Waals surface area contributed by atoms with E-state index < -0.39 is 23.5 Å². The Labute approximate surface area is 242 Å². The standard InChI is InChI=1S/C32H42N2O7/c1-6-40-26-11-8-23(19-27(26)38-5)29-28(30(35)25-10-9-24(18-22(25)4)41-20-21(2)3)31(36)32(37)34(29)13-7-12-33-14-16-39-17-15-33/h8-11,18-19,21,29,35H,6-7,12-17,20H2,1-5H3/b30-28+. The number of nitrogens with zero attached hydrogens (tertiary/aromatic N) is 1. The number of quaternary nitrogens is 1. The van der Waals surface area contributed by atoms with Crippen LogP contribution in [0.2, 0.25) is 0 Å². The second-order valence-electron chi connectivity index (χ2n) is 11.0. The van der Waals surface area contributed by atoms with Gasteiger partial charge in [-0.05, 0) is 60.7 Å². The first-order chi connectivity index (χ1) is 19.7. The summed E-state index contributed by atoms with van der Waals surface area (Å²) in [4.78, 5) is 29.9. The van der Waals surface area contributed by atoms with Crippen LogP contribution in [0.5, 0.6) is 17.2 Å². The maximum Gasteiger partial charge on any atom is 0.295 e. The minimum atomic E-state index is -0.831. The van der Waals surface area contributed by atoms with Gasteiger partial charge in [0.2, 0.25) is 5.78 Å². The number of morpholine rings is 1. The molecule has 2 aliphatic rings. The SMILES string of the molecule is CCOc1ccc(C2/C(=C(\[O-])c3ccc(OCC(C)C)cc3C)C(=O)C(=O)N2CCC[NH+]2CCOCC2)cc1OC. The van der Waals surface area contributed by atoms with Gasteiger partial charge in [0.15, 0.2) is 11.5 Å². The molecule has 1 atom stereocenters. The van der Waals surface area contributed by atoms with Crippen LogP contribution >= 0.6 is 0 Å². The van der Waals surface area contributed by atoms with Crippen LogP contribution in [-0.2, 0) is 14.3 Å². The molecule has 0 bridgehead atoms. The molecule has 0 saturated carbocycles. The molecule has 0 aliphatic carbocycles. The lowest BCUT2D eigenvalue weighted by molar-refractivity contribution is -0.908. The number of ether oxygens (including phenoxy) is 4. The Balaban J connectivity index is 1.72. The maximum atomic E-state index is 14.0. The summed E-state index contributed by atoms with van der Waals surface area (Å²) in [7, 11) is 1.54. The summed E-state index contributed by atoms with van der Waals surface area (Å²) in [5.74, 6) is 0.184. The van der Waals surface area contributed by atoms with Crippen molar-refractivity contribution in [3.63, 3.8) is 0 Å². The molecule has 9 nitrogen and oxygen atoms in total. The van der Waals surface area contributed by atoms with Crippen LogP contribution in [0.25, 0.3) is 5.76 Å². The Hall–Kier alpha value is -3.56. The van der Waals surface area contributed by atoms with Gasteiger partial charge in [-0.15, -0.1) is 0 Å². The topological polar surface area (TPSA) is 102 Å². The minimum Gasteiger partial charge on any atom is -0.872 e. The van der Waals surface area contributed by atoms with Crippen molar-refractivity contribution in [2.45, 2.75) is 40.2 Å². The average molecular weight is 567 g/mol. The summed E-state index contributed by atoms with van der Waals surface area (Å²) in [6.07, 6.45) is 0.696. The van der Waals surface area contributed by atoms with Gasteiger partial charge in [0.25, 0.3) is 5.91 Å². The molecule has 9 heteroatoms. The Morgan fingerprint density at radius 3 is 2.51 bits per heavy atom. The molecule has 2 aromatic rings. The van der Waals surface area contributed by atoms with E-state index in [0.717, 1.165) is 32.8 Å². The van der Waals surface area contributed by atoms with Crippen LogP contribution in [0.1, 0.15) is 49.9 Å². The molecule has 1 amide bonds. The van der Waals surface area contributed by atoms with Gasteiger partial charge in [0, 0.05) is 18.5 Å². The van der Waals surface area contributed by atoms with E-state index in [1.807, 2.05) is 13.8 Å². The van der Waals surface area contributed by atoms with Crippen LogP contribution in [0.15, 0.2) is 42.0 Å². The lowest BCUT2D eigenvalue weighted by Gasteiger charge is -2.29. The highest BCUT2D eigenvalue weighted by Gasteiger charge is 2.44. The molecule has 0 aromatic heterocycles. The maximum absolute atomic E-state index is 14.0. The number of Topliss-reactive ketones (excluding diaryl/α,β-unsaturated/α-hetero) is 1. The van der Waals surface area contributed by atoms with E-state index in [1.54, 1.807) is 41.3 Å². The van der Waals surface area contributed by atoms with E-state index in [9.17, 15) is 14.7 Å². The quantitative estimate of drug-likeness (QED) is 0.238. The summed E-state index contributed by atoms with van der Waals surface area (Å²) in [5, 5.41) is 14.0. The number of carbonyl (C=O) groups excluding carboxylic acids is 2. The number of aryl methyl sites for hydroxylation is 1. The van der Waals surface area contributed by atoms with E-state index in [0.29, 0.717) is 66.0 Å². The molecule has 2 fully saturated rings. The molecule has 2 heterocycles. The van der Waals surface area contributed by atoms with Gasteiger partial charge in [-0.25, -0.2) is 0 Å². The summed E-state index contributed by atoms with van der Waals surface area (Å²) >= 11 is 0. The molecule has 2 saturated heterocycles. The monoisotopic (exact) mass is 566 g/mol. The third-order valence-electron chi connectivity index (χ3n) is 7.49. The van der Waals surface area contributed by atoms with Crippen molar-refractivity contribution in [1.29, 1.82) is 0 Å². The van der Waals surface area contributed by atoms with E-state index in [-0.39, 0.29) is 5.57 Å². The van der Waals surface area contributed by atoms with Crippen LogP contribution in [0.4, 0.5) is 0 Å². The van der Waals surface area contributed by atoms with Gasteiger partial charge in [0.05, 0.1) is 46.1 Å². The summed E-state index contributed by atoms with van der Waals surface area (Å²) in [6.45, 7) is 13.3. The number of amides is 1. The van der Waals surface area contributed by atoms with Crippen molar-refractivity contribution in [1.82, 2.24) is 4.90 Å². The zero-order valence-electron chi connectivity index (χ0n) is 24.8. The van der Waals surface area contributed by atoms with Crippen molar-refractivity contribution in [3.8, 4) is 17.2 Å².